The second kappa shape index (κ2) is 7.62. The first-order chi connectivity index (χ1) is 11.2. The van der Waals surface area contributed by atoms with E-state index in [2.05, 4.69) is 14.5 Å². The van der Waals surface area contributed by atoms with E-state index in [4.69, 9.17) is 4.74 Å². The number of aliphatic hydroxyl groups is 1. The average molecular weight is 315 g/mol. The van der Waals surface area contributed by atoms with Crippen molar-refractivity contribution in [3.05, 3.63) is 48.5 Å². The maximum Gasteiger partial charge on any atom is 0.119 e. The van der Waals surface area contributed by atoms with Crippen molar-refractivity contribution in [2.24, 2.45) is 0 Å². The molecule has 124 valence electrons. The highest BCUT2D eigenvalue weighted by molar-refractivity contribution is 5.26. The van der Waals surface area contributed by atoms with Gasteiger partial charge in [-0.1, -0.05) is 17.7 Å². The van der Waals surface area contributed by atoms with Gasteiger partial charge in [-0.3, -0.25) is 0 Å². The number of imidazole rings is 1. The van der Waals surface area contributed by atoms with Crippen molar-refractivity contribution in [3.8, 4) is 5.75 Å². The number of aromatic nitrogens is 2. The molecule has 1 aromatic heterocycles. The highest BCUT2D eigenvalue weighted by Crippen LogP contribution is 2.22. The van der Waals surface area contributed by atoms with Crippen molar-refractivity contribution in [1.29, 1.82) is 0 Å². The minimum absolute atomic E-state index is 0.338. The zero-order valence-corrected chi connectivity index (χ0v) is 13.6. The molecule has 1 unspecified atom stereocenters. The molecule has 1 aliphatic rings. The number of hydrogen-bond donors (Lipinski definition) is 1. The molecule has 1 atom stereocenters. The van der Waals surface area contributed by atoms with E-state index in [-0.39, 0.29) is 0 Å². The molecule has 1 N–H and O–H groups in total. The van der Waals surface area contributed by atoms with Gasteiger partial charge in [0, 0.05) is 38.1 Å². The maximum absolute atomic E-state index is 10.2. The molecule has 1 fully saturated rings. The smallest absolute Gasteiger partial charge is 0.119 e. The van der Waals surface area contributed by atoms with Crippen LogP contribution in [0, 0.1) is 6.92 Å². The summed E-state index contributed by atoms with van der Waals surface area (Å²) in [4.78, 5) is 6.43. The number of β-amino-alcohol motifs (C(OH)–C–C–N with tert-alkyl or cyclic N) is 1. The molecule has 23 heavy (non-hydrogen) atoms. The van der Waals surface area contributed by atoms with E-state index in [1.807, 2.05) is 49.9 Å². The van der Waals surface area contributed by atoms with Crippen LogP contribution >= 0.6 is 0 Å². The van der Waals surface area contributed by atoms with Crippen LogP contribution in [-0.2, 0) is 0 Å². The fourth-order valence-corrected chi connectivity index (χ4v) is 3.06. The lowest BCUT2D eigenvalue weighted by Gasteiger charge is -2.33. The molecular weight excluding hydrogens is 290 g/mol. The molecule has 0 radical (unpaired) electrons. The Morgan fingerprint density at radius 1 is 1.26 bits per heavy atom. The third-order valence-corrected chi connectivity index (χ3v) is 4.44. The quantitative estimate of drug-likeness (QED) is 0.888. The molecule has 0 amide bonds. The van der Waals surface area contributed by atoms with Crippen LogP contribution in [0.3, 0.4) is 0 Å². The van der Waals surface area contributed by atoms with Gasteiger partial charge in [0.1, 0.15) is 18.5 Å². The number of piperidine rings is 1. The molecule has 0 aliphatic carbocycles. The van der Waals surface area contributed by atoms with E-state index in [9.17, 15) is 5.11 Å². The van der Waals surface area contributed by atoms with Crippen LogP contribution in [0.1, 0.15) is 24.4 Å². The number of aliphatic hydroxyl groups excluding tert-OH is 1. The molecule has 0 spiro atoms. The van der Waals surface area contributed by atoms with E-state index < -0.39 is 6.10 Å². The fraction of sp³-hybridized carbons (Fsp3) is 0.500. The van der Waals surface area contributed by atoms with Gasteiger partial charge in [-0.15, -0.1) is 0 Å². The van der Waals surface area contributed by atoms with Gasteiger partial charge in [0.15, 0.2) is 0 Å². The molecule has 1 aromatic carbocycles. The molecule has 1 aliphatic heterocycles. The van der Waals surface area contributed by atoms with Gasteiger partial charge in [-0.2, -0.15) is 0 Å². The first-order valence-corrected chi connectivity index (χ1v) is 8.28. The summed E-state index contributed by atoms with van der Waals surface area (Å²) in [6.45, 7) is 5.06. The fourth-order valence-electron chi connectivity index (χ4n) is 3.06. The van der Waals surface area contributed by atoms with Gasteiger partial charge in [0.25, 0.3) is 0 Å². The number of likely N-dealkylation sites (tertiary alicyclic amines) is 1. The number of rotatable bonds is 6. The second-order valence-electron chi connectivity index (χ2n) is 6.32. The first-order valence-electron chi connectivity index (χ1n) is 8.28. The summed E-state index contributed by atoms with van der Waals surface area (Å²) in [5.74, 6) is 0.813. The van der Waals surface area contributed by atoms with E-state index in [1.165, 1.54) is 5.56 Å². The monoisotopic (exact) mass is 315 g/mol. The van der Waals surface area contributed by atoms with Crippen molar-refractivity contribution < 1.29 is 9.84 Å². The second-order valence-corrected chi connectivity index (χ2v) is 6.32. The normalized spacial score (nSPS) is 18.0. The predicted octanol–water partition coefficient (Wildman–Crippen LogP) is 2.27. The lowest BCUT2D eigenvalue weighted by atomic mass is 10.0. The highest BCUT2D eigenvalue weighted by atomic mass is 16.5. The molecule has 5 heteroatoms. The van der Waals surface area contributed by atoms with Gasteiger partial charge in [-0.25, -0.2) is 4.98 Å². The van der Waals surface area contributed by atoms with Gasteiger partial charge in [0.05, 0.1) is 6.33 Å². The Balaban J connectivity index is 1.39. The Hall–Kier alpha value is -1.85. The summed E-state index contributed by atoms with van der Waals surface area (Å²) in [5, 5.41) is 10.2. The Labute approximate surface area is 137 Å². The maximum atomic E-state index is 10.2. The van der Waals surface area contributed by atoms with E-state index in [1.54, 1.807) is 0 Å². The predicted molar refractivity (Wildman–Crippen MR) is 89.6 cm³/mol. The van der Waals surface area contributed by atoms with Crippen molar-refractivity contribution in [3.63, 3.8) is 0 Å². The van der Waals surface area contributed by atoms with Crippen LogP contribution in [0.5, 0.6) is 5.75 Å². The van der Waals surface area contributed by atoms with Crippen LogP contribution in [0.2, 0.25) is 0 Å². The van der Waals surface area contributed by atoms with Gasteiger partial charge in [-0.05, 0) is 31.9 Å². The molecule has 0 bridgehead atoms. The minimum Gasteiger partial charge on any atom is -0.491 e. The van der Waals surface area contributed by atoms with Gasteiger partial charge in [0.2, 0.25) is 0 Å². The summed E-state index contributed by atoms with van der Waals surface area (Å²) in [6.07, 6.45) is 7.50. The molecule has 1 saturated heterocycles. The SMILES string of the molecule is Cc1ccc(OCC(O)CN2CCC(n3ccnc3)CC2)cc1. The van der Waals surface area contributed by atoms with Crippen LogP contribution in [-0.4, -0.2) is 51.9 Å². The summed E-state index contributed by atoms with van der Waals surface area (Å²) in [5.41, 5.74) is 1.21. The Kier molecular flexibility index (Phi) is 5.31. The summed E-state index contributed by atoms with van der Waals surface area (Å²) in [7, 11) is 0. The zero-order chi connectivity index (χ0) is 16.1. The van der Waals surface area contributed by atoms with Crippen LogP contribution < -0.4 is 4.74 Å². The topological polar surface area (TPSA) is 50.5 Å². The standard InChI is InChI=1S/C18H25N3O2/c1-15-2-4-18(5-3-15)23-13-17(22)12-20-9-6-16(7-10-20)21-11-8-19-14-21/h2-5,8,11,14,16-17,22H,6-7,9-10,12-13H2,1H3. The van der Waals surface area contributed by atoms with Crippen molar-refractivity contribution in [1.82, 2.24) is 14.5 Å². The van der Waals surface area contributed by atoms with E-state index in [0.717, 1.165) is 31.7 Å². The lowest BCUT2D eigenvalue weighted by Crippen LogP contribution is -2.41. The number of benzene rings is 1. The first kappa shape index (κ1) is 16.0. The lowest BCUT2D eigenvalue weighted by molar-refractivity contribution is 0.0558. The Morgan fingerprint density at radius 3 is 2.65 bits per heavy atom. The molecule has 2 heterocycles. The number of hydrogen-bond acceptors (Lipinski definition) is 4. The van der Waals surface area contributed by atoms with E-state index >= 15 is 0 Å². The van der Waals surface area contributed by atoms with E-state index in [0.29, 0.717) is 19.2 Å². The van der Waals surface area contributed by atoms with Gasteiger partial charge < -0.3 is 19.3 Å². The Bertz CT molecular complexity index is 575. The molecular formula is C18H25N3O2. The molecule has 2 aromatic rings. The number of aryl methyl sites for hydroxylation is 1. The van der Waals surface area contributed by atoms with Gasteiger partial charge >= 0.3 is 0 Å². The largest absolute Gasteiger partial charge is 0.491 e. The average Bonchev–Trinajstić information content (AvgIpc) is 3.09. The van der Waals surface area contributed by atoms with Crippen LogP contribution in [0.25, 0.3) is 0 Å². The summed E-state index contributed by atoms with van der Waals surface area (Å²) in [6, 6.07) is 8.46. The molecule has 5 nitrogen and oxygen atoms in total. The third kappa shape index (κ3) is 4.56. The zero-order valence-electron chi connectivity index (χ0n) is 13.6. The Morgan fingerprint density at radius 2 is 2.00 bits per heavy atom. The molecule has 0 saturated carbocycles. The molecule has 3 rings (SSSR count). The summed E-state index contributed by atoms with van der Waals surface area (Å²) >= 11 is 0. The number of nitrogens with zero attached hydrogens (tertiary/aromatic N) is 3. The van der Waals surface area contributed by atoms with Crippen molar-refractivity contribution >= 4 is 0 Å². The van der Waals surface area contributed by atoms with Crippen molar-refractivity contribution in [2.75, 3.05) is 26.2 Å². The van der Waals surface area contributed by atoms with Crippen LogP contribution in [0.15, 0.2) is 43.0 Å². The number of ether oxygens (including phenoxy) is 1. The minimum atomic E-state index is -0.457. The van der Waals surface area contributed by atoms with Crippen LogP contribution in [0.4, 0.5) is 0 Å². The van der Waals surface area contributed by atoms with Crippen molar-refractivity contribution in [2.45, 2.75) is 31.9 Å². The summed E-state index contributed by atoms with van der Waals surface area (Å²) < 4.78 is 7.84. The highest BCUT2D eigenvalue weighted by Gasteiger charge is 2.21. The third-order valence-electron chi connectivity index (χ3n) is 4.44.